The molecule has 1 saturated carbocycles. The van der Waals surface area contributed by atoms with E-state index in [1.165, 1.54) is 6.92 Å². The molecule has 2 atom stereocenters. The molecule has 1 aromatic carbocycles. The van der Waals surface area contributed by atoms with Crippen LogP contribution in [0.15, 0.2) is 18.2 Å². The summed E-state index contributed by atoms with van der Waals surface area (Å²) in [6.07, 6.45) is -3.01. The van der Waals surface area contributed by atoms with Gasteiger partial charge >= 0.3 is 6.18 Å². The minimum Gasteiger partial charge on any atom is -0.293 e. The maximum atomic E-state index is 13.1. The minimum atomic E-state index is -4.62. The molecule has 0 radical (unpaired) electrons. The molecule has 134 valence electrons. The standard InChI is InChI=1S/C17H14Cl2F3NOS/c1-8-23-16(17(20,21)22)15(25-8)13(24)7-9-5-6-10(9)14-11(18)3-2-4-12(14)19/h2-4,9-10H,5-7H2,1H3/t9-,10-/m0/s1. The predicted molar refractivity (Wildman–Crippen MR) is 92.7 cm³/mol. The molecule has 0 saturated heterocycles. The van der Waals surface area contributed by atoms with Gasteiger partial charge in [0.1, 0.15) is 4.88 Å². The summed E-state index contributed by atoms with van der Waals surface area (Å²) in [5.74, 6) is -0.585. The first-order valence-electron chi connectivity index (χ1n) is 7.70. The average Bonchev–Trinajstić information content (AvgIpc) is 2.89. The highest BCUT2D eigenvalue weighted by Crippen LogP contribution is 2.49. The Labute approximate surface area is 157 Å². The molecular formula is C17H14Cl2F3NOS. The molecule has 0 unspecified atom stereocenters. The first-order chi connectivity index (χ1) is 11.7. The van der Waals surface area contributed by atoms with Gasteiger partial charge in [0.15, 0.2) is 11.5 Å². The van der Waals surface area contributed by atoms with Crippen LogP contribution in [0.5, 0.6) is 0 Å². The zero-order valence-electron chi connectivity index (χ0n) is 13.2. The summed E-state index contributed by atoms with van der Waals surface area (Å²) in [6.45, 7) is 1.46. The fourth-order valence-corrected chi connectivity index (χ4v) is 4.76. The fraction of sp³-hybridized carbons (Fsp3) is 0.412. The Hall–Kier alpha value is -1.11. The van der Waals surface area contributed by atoms with E-state index in [4.69, 9.17) is 23.2 Å². The van der Waals surface area contributed by atoms with E-state index in [0.717, 1.165) is 29.7 Å². The summed E-state index contributed by atoms with van der Waals surface area (Å²) in [6, 6.07) is 5.20. The van der Waals surface area contributed by atoms with Crippen LogP contribution >= 0.6 is 34.5 Å². The third kappa shape index (κ3) is 3.71. The number of hydrogen-bond donors (Lipinski definition) is 0. The van der Waals surface area contributed by atoms with E-state index < -0.39 is 17.7 Å². The third-order valence-corrected chi connectivity index (χ3v) is 6.16. The Morgan fingerprint density at radius 2 is 1.92 bits per heavy atom. The molecule has 0 spiro atoms. The molecule has 1 aliphatic carbocycles. The second-order valence-corrected chi connectivity index (χ2v) is 8.13. The molecule has 25 heavy (non-hydrogen) atoms. The normalized spacial score (nSPS) is 20.4. The summed E-state index contributed by atoms with van der Waals surface area (Å²) >= 11 is 13.2. The number of ketones is 1. The lowest BCUT2D eigenvalue weighted by atomic mass is 9.68. The highest BCUT2D eigenvalue weighted by atomic mass is 35.5. The van der Waals surface area contributed by atoms with Crippen LogP contribution in [-0.4, -0.2) is 10.8 Å². The number of alkyl halides is 3. The van der Waals surface area contributed by atoms with Crippen molar-refractivity contribution in [3.8, 4) is 0 Å². The first-order valence-corrected chi connectivity index (χ1v) is 9.27. The molecule has 2 aromatic rings. The Balaban J connectivity index is 1.81. The van der Waals surface area contributed by atoms with Gasteiger partial charge in [0.25, 0.3) is 0 Å². The molecule has 1 aromatic heterocycles. The van der Waals surface area contributed by atoms with Gasteiger partial charge in [-0.05, 0) is 49.3 Å². The van der Waals surface area contributed by atoms with E-state index in [0.29, 0.717) is 10.0 Å². The number of halogens is 5. The molecular weight excluding hydrogens is 394 g/mol. The molecule has 0 bridgehead atoms. The van der Waals surface area contributed by atoms with E-state index in [1.54, 1.807) is 18.2 Å². The number of carbonyl (C=O) groups is 1. The zero-order valence-corrected chi connectivity index (χ0v) is 15.5. The van der Waals surface area contributed by atoms with Gasteiger partial charge in [0.2, 0.25) is 0 Å². The van der Waals surface area contributed by atoms with Crippen LogP contribution in [0.25, 0.3) is 0 Å². The lowest BCUT2D eigenvalue weighted by Crippen LogP contribution is -2.27. The first kappa shape index (κ1) is 18.7. The van der Waals surface area contributed by atoms with Crippen molar-refractivity contribution in [1.29, 1.82) is 0 Å². The van der Waals surface area contributed by atoms with Crippen molar-refractivity contribution >= 4 is 40.3 Å². The number of thiazole rings is 1. The predicted octanol–water partition coefficient (Wildman–Crippen LogP) is 6.54. The molecule has 0 amide bonds. The summed E-state index contributed by atoms with van der Waals surface area (Å²) < 4.78 is 39.2. The minimum absolute atomic E-state index is 0.00601. The Kier molecular flexibility index (Phi) is 5.15. The molecule has 8 heteroatoms. The van der Waals surface area contributed by atoms with Crippen LogP contribution in [0.3, 0.4) is 0 Å². The smallest absolute Gasteiger partial charge is 0.293 e. The maximum Gasteiger partial charge on any atom is 0.434 e. The summed E-state index contributed by atoms with van der Waals surface area (Å²) in [4.78, 5) is 15.7. The quantitative estimate of drug-likeness (QED) is 0.538. The SMILES string of the molecule is Cc1nc(C(F)(F)F)c(C(=O)C[C@@H]2CC[C@@H]2c2c(Cl)cccc2Cl)s1. The number of aryl methyl sites for hydroxylation is 1. The van der Waals surface area contributed by atoms with Gasteiger partial charge in [0.05, 0.1) is 5.01 Å². The highest BCUT2D eigenvalue weighted by Gasteiger charge is 2.41. The number of Topliss-reactive ketones (excluding diaryl/α,β-unsaturated/α-hetero) is 1. The van der Waals surface area contributed by atoms with E-state index in [2.05, 4.69) is 4.98 Å². The number of hydrogen-bond acceptors (Lipinski definition) is 3. The second kappa shape index (κ2) is 6.89. The van der Waals surface area contributed by atoms with Crippen LogP contribution < -0.4 is 0 Å². The van der Waals surface area contributed by atoms with Crippen LogP contribution in [0.4, 0.5) is 13.2 Å². The van der Waals surface area contributed by atoms with Crippen LogP contribution in [0.1, 0.15) is 51.1 Å². The van der Waals surface area contributed by atoms with E-state index in [9.17, 15) is 18.0 Å². The third-order valence-electron chi connectivity index (χ3n) is 4.49. The largest absolute Gasteiger partial charge is 0.434 e. The Morgan fingerprint density at radius 3 is 2.44 bits per heavy atom. The van der Waals surface area contributed by atoms with Crippen molar-refractivity contribution in [1.82, 2.24) is 4.98 Å². The summed E-state index contributed by atoms with van der Waals surface area (Å²) in [5, 5.41) is 1.29. The maximum absolute atomic E-state index is 13.1. The summed E-state index contributed by atoms with van der Waals surface area (Å²) in [7, 11) is 0. The van der Waals surface area contributed by atoms with Crippen molar-refractivity contribution in [3.63, 3.8) is 0 Å². The van der Waals surface area contributed by atoms with Gasteiger partial charge in [-0.25, -0.2) is 4.98 Å². The number of rotatable bonds is 4. The van der Waals surface area contributed by atoms with Gasteiger partial charge in [0, 0.05) is 16.5 Å². The monoisotopic (exact) mass is 407 g/mol. The molecule has 1 aliphatic rings. The average molecular weight is 408 g/mol. The Bertz CT molecular complexity index is 798. The van der Waals surface area contributed by atoms with E-state index in [1.807, 2.05) is 0 Å². The van der Waals surface area contributed by atoms with Crippen molar-refractivity contribution in [3.05, 3.63) is 49.4 Å². The van der Waals surface area contributed by atoms with Crippen LogP contribution in [0, 0.1) is 12.8 Å². The topological polar surface area (TPSA) is 30.0 Å². The van der Waals surface area contributed by atoms with E-state index >= 15 is 0 Å². The van der Waals surface area contributed by atoms with E-state index in [-0.39, 0.29) is 28.1 Å². The van der Waals surface area contributed by atoms with Gasteiger partial charge in [-0.2, -0.15) is 13.2 Å². The lowest BCUT2D eigenvalue weighted by Gasteiger charge is -2.37. The van der Waals surface area contributed by atoms with Crippen molar-refractivity contribution in [2.45, 2.75) is 38.3 Å². The number of aromatic nitrogens is 1. The molecule has 3 rings (SSSR count). The summed E-state index contributed by atoms with van der Waals surface area (Å²) in [5.41, 5.74) is -0.293. The molecule has 0 aliphatic heterocycles. The number of benzene rings is 1. The van der Waals surface area contributed by atoms with Gasteiger partial charge in [-0.1, -0.05) is 29.3 Å². The molecule has 1 heterocycles. The Morgan fingerprint density at radius 1 is 1.28 bits per heavy atom. The van der Waals surface area contributed by atoms with Crippen LogP contribution in [0.2, 0.25) is 10.0 Å². The number of nitrogens with zero attached hydrogens (tertiary/aromatic N) is 1. The fourth-order valence-electron chi connectivity index (χ4n) is 3.20. The van der Waals surface area contributed by atoms with Crippen molar-refractivity contribution in [2.24, 2.45) is 5.92 Å². The highest BCUT2D eigenvalue weighted by molar-refractivity contribution is 7.13. The van der Waals surface area contributed by atoms with Crippen molar-refractivity contribution in [2.75, 3.05) is 0 Å². The van der Waals surface area contributed by atoms with Crippen molar-refractivity contribution < 1.29 is 18.0 Å². The molecule has 0 N–H and O–H groups in total. The van der Waals surface area contributed by atoms with Gasteiger partial charge in [-0.3, -0.25) is 4.79 Å². The number of carbonyl (C=O) groups excluding carboxylic acids is 1. The second-order valence-electron chi connectivity index (χ2n) is 6.11. The van der Waals surface area contributed by atoms with Gasteiger partial charge in [-0.15, -0.1) is 11.3 Å². The molecule has 2 nitrogen and oxygen atoms in total. The van der Waals surface area contributed by atoms with Crippen LogP contribution in [-0.2, 0) is 6.18 Å². The lowest BCUT2D eigenvalue weighted by molar-refractivity contribution is -0.141. The van der Waals surface area contributed by atoms with Gasteiger partial charge < -0.3 is 0 Å². The molecule has 1 fully saturated rings. The zero-order chi connectivity index (χ0) is 18.4.